The Morgan fingerprint density at radius 1 is 1.53 bits per heavy atom. The minimum atomic E-state index is -0.141. The fourth-order valence-electron chi connectivity index (χ4n) is 2.45. The quantitative estimate of drug-likeness (QED) is 0.876. The molecule has 1 fully saturated rings. The molecule has 2 rings (SSSR count). The number of aliphatic hydroxyl groups excluding tert-OH is 1. The van der Waals surface area contributed by atoms with E-state index in [1.807, 2.05) is 35.8 Å². The van der Waals surface area contributed by atoms with Gasteiger partial charge >= 0.3 is 0 Å². The smallest absolute Gasteiger partial charge is 0.0546 e. The normalized spacial score (nSPS) is 19.4. The van der Waals surface area contributed by atoms with Crippen molar-refractivity contribution in [1.29, 1.82) is 0 Å². The molecule has 0 spiro atoms. The van der Waals surface area contributed by atoms with Crippen LogP contribution in [-0.2, 0) is 13.5 Å². The van der Waals surface area contributed by atoms with Gasteiger partial charge in [-0.1, -0.05) is 0 Å². The average molecular weight is 254 g/mol. The maximum Gasteiger partial charge on any atom is 0.0546 e. The maximum absolute atomic E-state index is 10.1. The van der Waals surface area contributed by atoms with Crippen LogP contribution >= 0.6 is 11.8 Å². The molecule has 1 aliphatic rings. The van der Waals surface area contributed by atoms with Gasteiger partial charge in [-0.05, 0) is 55.6 Å². The highest BCUT2D eigenvalue weighted by molar-refractivity contribution is 7.99. The second-order valence-corrected chi connectivity index (χ2v) is 6.15. The summed E-state index contributed by atoms with van der Waals surface area (Å²) in [5, 5.41) is 14.2. The van der Waals surface area contributed by atoms with Crippen LogP contribution in [0.15, 0.2) is 12.3 Å². The Bertz CT molecular complexity index is 334. The standard InChI is InChI=1S/C13H22N2OS/c1-15-12(4-7-14-15)2-3-13(16)10-11-5-8-17-9-6-11/h4,7,11,13,16H,2-3,5-6,8-10H2,1H3. The van der Waals surface area contributed by atoms with Crippen molar-refractivity contribution in [2.24, 2.45) is 13.0 Å². The van der Waals surface area contributed by atoms with Crippen LogP contribution in [0.3, 0.4) is 0 Å². The van der Waals surface area contributed by atoms with Gasteiger partial charge in [-0.15, -0.1) is 0 Å². The Labute approximate surface area is 108 Å². The van der Waals surface area contributed by atoms with Gasteiger partial charge in [-0.25, -0.2) is 0 Å². The van der Waals surface area contributed by atoms with Crippen molar-refractivity contribution in [3.8, 4) is 0 Å². The van der Waals surface area contributed by atoms with Crippen LogP contribution in [0.2, 0.25) is 0 Å². The summed E-state index contributed by atoms with van der Waals surface area (Å²) in [4.78, 5) is 0. The van der Waals surface area contributed by atoms with Crippen LogP contribution in [-0.4, -0.2) is 32.5 Å². The van der Waals surface area contributed by atoms with Crippen LogP contribution in [0.5, 0.6) is 0 Å². The largest absolute Gasteiger partial charge is 0.393 e. The SMILES string of the molecule is Cn1nccc1CCC(O)CC1CCSCC1. The van der Waals surface area contributed by atoms with Crippen molar-refractivity contribution >= 4 is 11.8 Å². The highest BCUT2D eigenvalue weighted by Gasteiger charge is 2.17. The topological polar surface area (TPSA) is 38.0 Å². The monoisotopic (exact) mass is 254 g/mol. The van der Waals surface area contributed by atoms with E-state index >= 15 is 0 Å². The second-order valence-electron chi connectivity index (χ2n) is 4.93. The molecule has 1 N–H and O–H groups in total. The predicted molar refractivity (Wildman–Crippen MR) is 72.2 cm³/mol. The average Bonchev–Trinajstić information content (AvgIpc) is 2.74. The molecule has 17 heavy (non-hydrogen) atoms. The van der Waals surface area contributed by atoms with Crippen molar-refractivity contribution in [1.82, 2.24) is 9.78 Å². The fraction of sp³-hybridized carbons (Fsp3) is 0.769. The first-order valence-corrected chi connectivity index (χ1v) is 7.64. The summed E-state index contributed by atoms with van der Waals surface area (Å²) in [6.45, 7) is 0. The molecule has 1 aromatic heterocycles. The van der Waals surface area contributed by atoms with E-state index < -0.39 is 0 Å². The molecule has 0 aliphatic carbocycles. The molecular weight excluding hydrogens is 232 g/mol. The first-order valence-electron chi connectivity index (χ1n) is 6.48. The molecular formula is C13H22N2OS. The zero-order valence-corrected chi connectivity index (χ0v) is 11.3. The zero-order chi connectivity index (χ0) is 12.1. The molecule has 0 saturated carbocycles. The summed E-state index contributed by atoms with van der Waals surface area (Å²) in [5.41, 5.74) is 1.21. The fourth-order valence-corrected chi connectivity index (χ4v) is 3.65. The molecule has 1 unspecified atom stereocenters. The van der Waals surface area contributed by atoms with Gasteiger partial charge in [-0.2, -0.15) is 16.9 Å². The molecule has 1 atom stereocenters. The number of hydrogen-bond donors (Lipinski definition) is 1. The maximum atomic E-state index is 10.1. The van der Waals surface area contributed by atoms with Gasteiger partial charge in [-0.3, -0.25) is 4.68 Å². The molecule has 0 amide bonds. The summed E-state index contributed by atoms with van der Waals surface area (Å²) in [6, 6.07) is 2.03. The van der Waals surface area contributed by atoms with Gasteiger partial charge < -0.3 is 5.11 Å². The second kappa shape index (κ2) is 6.45. The van der Waals surface area contributed by atoms with Crippen LogP contribution in [0.1, 0.15) is 31.4 Å². The van der Waals surface area contributed by atoms with Gasteiger partial charge in [0.2, 0.25) is 0 Å². The summed E-state index contributed by atoms with van der Waals surface area (Å²) in [5.74, 6) is 3.30. The minimum absolute atomic E-state index is 0.141. The molecule has 1 saturated heterocycles. The van der Waals surface area contributed by atoms with Gasteiger partial charge in [0.15, 0.2) is 0 Å². The van der Waals surface area contributed by atoms with Crippen molar-refractivity contribution in [3.05, 3.63) is 18.0 Å². The summed E-state index contributed by atoms with van der Waals surface area (Å²) in [7, 11) is 1.96. The third-order valence-corrected chi connectivity index (χ3v) is 4.65. The Hall–Kier alpha value is -0.480. The van der Waals surface area contributed by atoms with E-state index in [1.165, 1.54) is 30.0 Å². The van der Waals surface area contributed by atoms with Gasteiger partial charge in [0, 0.05) is 18.9 Å². The molecule has 1 aromatic rings. The van der Waals surface area contributed by atoms with E-state index in [1.54, 1.807) is 0 Å². The Morgan fingerprint density at radius 2 is 2.29 bits per heavy atom. The van der Waals surface area contributed by atoms with Crippen LogP contribution in [0.4, 0.5) is 0 Å². The lowest BCUT2D eigenvalue weighted by atomic mass is 9.93. The van der Waals surface area contributed by atoms with Crippen LogP contribution in [0, 0.1) is 5.92 Å². The lowest BCUT2D eigenvalue weighted by Crippen LogP contribution is -2.18. The zero-order valence-electron chi connectivity index (χ0n) is 10.5. The molecule has 1 aliphatic heterocycles. The molecule has 0 bridgehead atoms. The molecule has 2 heterocycles. The van der Waals surface area contributed by atoms with Crippen molar-refractivity contribution in [2.45, 2.75) is 38.2 Å². The molecule has 4 heteroatoms. The Morgan fingerprint density at radius 3 is 2.94 bits per heavy atom. The van der Waals surface area contributed by atoms with E-state index in [9.17, 15) is 5.11 Å². The first kappa shape index (κ1) is 13.0. The Balaban J connectivity index is 1.70. The van der Waals surface area contributed by atoms with E-state index in [-0.39, 0.29) is 6.10 Å². The van der Waals surface area contributed by atoms with Gasteiger partial charge in [0.05, 0.1) is 6.10 Å². The third-order valence-electron chi connectivity index (χ3n) is 3.60. The number of rotatable bonds is 5. The number of thioether (sulfide) groups is 1. The number of hydrogen-bond acceptors (Lipinski definition) is 3. The van der Waals surface area contributed by atoms with Gasteiger partial charge in [0.25, 0.3) is 0 Å². The van der Waals surface area contributed by atoms with E-state index in [0.29, 0.717) is 0 Å². The number of aromatic nitrogens is 2. The summed E-state index contributed by atoms with van der Waals surface area (Å²) in [6.07, 6.45) is 7.03. The lowest BCUT2D eigenvalue weighted by Gasteiger charge is -2.23. The summed E-state index contributed by atoms with van der Waals surface area (Å²) < 4.78 is 1.89. The molecule has 96 valence electrons. The number of aryl methyl sites for hydroxylation is 2. The minimum Gasteiger partial charge on any atom is -0.393 e. The van der Waals surface area contributed by atoms with Crippen molar-refractivity contribution in [2.75, 3.05) is 11.5 Å². The van der Waals surface area contributed by atoms with Crippen molar-refractivity contribution in [3.63, 3.8) is 0 Å². The Kier molecular flexibility index (Phi) is 4.92. The molecule has 0 radical (unpaired) electrons. The predicted octanol–water partition coefficient (Wildman–Crippen LogP) is 2.25. The highest BCUT2D eigenvalue weighted by atomic mass is 32.2. The van der Waals surface area contributed by atoms with Crippen LogP contribution < -0.4 is 0 Å². The number of aliphatic hydroxyl groups is 1. The van der Waals surface area contributed by atoms with Crippen molar-refractivity contribution < 1.29 is 5.11 Å². The third kappa shape index (κ3) is 4.03. The van der Waals surface area contributed by atoms with E-state index in [0.717, 1.165) is 25.2 Å². The number of nitrogens with zero attached hydrogens (tertiary/aromatic N) is 2. The molecule has 3 nitrogen and oxygen atoms in total. The lowest BCUT2D eigenvalue weighted by molar-refractivity contribution is 0.130. The summed E-state index contributed by atoms with van der Waals surface area (Å²) >= 11 is 2.05. The van der Waals surface area contributed by atoms with Gasteiger partial charge in [0.1, 0.15) is 0 Å². The van der Waals surface area contributed by atoms with Crippen LogP contribution in [0.25, 0.3) is 0 Å². The first-order chi connectivity index (χ1) is 8.25. The molecule has 0 aromatic carbocycles. The highest BCUT2D eigenvalue weighted by Crippen LogP contribution is 2.27. The van der Waals surface area contributed by atoms with E-state index in [2.05, 4.69) is 5.10 Å². The van der Waals surface area contributed by atoms with E-state index in [4.69, 9.17) is 0 Å².